The number of aromatic nitrogens is 1. The van der Waals surface area contributed by atoms with Crippen molar-refractivity contribution in [1.82, 2.24) is 4.57 Å². The standard InChI is InChI=1S/C14H13BrN2O/c15-10-1-3-11(4-2-10)16-9-12-5-6-13-14(18)7-8-17(12)13/h1-6,16H,7-9H2. The average Bonchev–Trinajstić information content (AvgIpc) is 2.93. The fourth-order valence-corrected chi connectivity index (χ4v) is 2.54. The molecule has 1 aromatic carbocycles. The predicted octanol–water partition coefficient (Wildman–Crippen LogP) is 3.45. The first kappa shape index (κ1) is 11.5. The van der Waals surface area contributed by atoms with Crippen molar-refractivity contribution in [2.75, 3.05) is 5.32 Å². The number of hydrogen-bond donors (Lipinski definition) is 1. The number of carbonyl (C=O) groups excluding carboxylic acids is 1. The number of nitrogens with one attached hydrogen (secondary N) is 1. The Morgan fingerprint density at radius 1 is 1.17 bits per heavy atom. The zero-order chi connectivity index (χ0) is 12.5. The number of rotatable bonds is 3. The number of benzene rings is 1. The topological polar surface area (TPSA) is 34.0 Å². The molecule has 3 rings (SSSR count). The third-order valence-corrected chi connectivity index (χ3v) is 3.77. The van der Waals surface area contributed by atoms with Gasteiger partial charge < -0.3 is 9.88 Å². The molecule has 1 N–H and O–H groups in total. The van der Waals surface area contributed by atoms with Gasteiger partial charge in [-0.15, -0.1) is 0 Å². The molecule has 0 bridgehead atoms. The highest BCUT2D eigenvalue weighted by Gasteiger charge is 2.21. The molecule has 0 saturated heterocycles. The maximum atomic E-state index is 11.5. The Bertz CT molecular complexity index is 586. The predicted molar refractivity (Wildman–Crippen MR) is 74.8 cm³/mol. The molecule has 0 unspecified atom stereocenters. The minimum atomic E-state index is 0.255. The molecule has 1 aliphatic heterocycles. The lowest BCUT2D eigenvalue weighted by molar-refractivity contribution is 0.0994. The molecule has 0 amide bonds. The van der Waals surface area contributed by atoms with Crippen molar-refractivity contribution in [3.05, 3.63) is 52.3 Å². The summed E-state index contributed by atoms with van der Waals surface area (Å²) in [6.07, 6.45) is 0.640. The van der Waals surface area contributed by atoms with Crippen molar-refractivity contribution in [2.24, 2.45) is 0 Å². The SMILES string of the molecule is O=C1CCn2c(CNc3ccc(Br)cc3)ccc21. The third kappa shape index (κ3) is 2.08. The van der Waals surface area contributed by atoms with Gasteiger partial charge in [0.1, 0.15) is 0 Å². The van der Waals surface area contributed by atoms with E-state index in [-0.39, 0.29) is 5.78 Å². The first-order chi connectivity index (χ1) is 8.74. The van der Waals surface area contributed by atoms with Crippen LogP contribution in [0.4, 0.5) is 5.69 Å². The second-order valence-electron chi connectivity index (χ2n) is 4.40. The van der Waals surface area contributed by atoms with E-state index in [2.05, 4.69) is 25.8 Å². The van der Waals surface area contributed by atoms with Crippen molar-refractivity contribution in [2.45, 2.75) is 19.5 Å². The van der Waals surface area contributed by atoms with E-state index in [4.69, 9.17) is 0 Å². The minimum absolute atomic E-state index is 0.255. The van der Waals surface area contributed by atoms with Gasteiger partial charge in [-0.1, -0.05) is 15.9 Å². The summed E-state index contributed by atoms with van der Waals surface area (Å²) in [6.45, 7) is 1.56. The summed E-state index contributed by atoms with van der Waals surface area (Å²) in [7, 11) is 0. The van der Waals surface area contributed by atoms with E-state index >= 15 is 0 Å². The van der Waals surface area contributed by atoms with Gasteiger partial charge in [-0.05, 0) is 36.4 Å². The molecule has 0 fully saturated rings. The molecule has 4 heteroatoms. The Morgan fingerprint density at radius 3 is 2.72 bits per heavy atom. The number of halogens is 1. The zero-order valence-electron chi connectivity index (χ0n) is 9.82. The van der Waals surface area contributed by atoms with E-state index in [1.165, 1.54) is 5.69 Å². The van der Waals surface area contributed by atoms with Gasteiger partial charge in [-0.3, -0.25) is 4.79 Å². The van der Waals surface area contributed by atoms with Gasteiger partial charge >= 0.3 is 0 Å². The van der Waals surface area contributed by atoms with Gasteiger partial charge in [0.05, 0.1) is 12.2 Å². The number of nitrogens with zero attached hydrogens (tertiary/aromatic N) is 1. The molecule has 0 radical (unpaired) electrons. The van der Waals surface area contributed by atoms with Crippen molar-refractivity contribution < 1.29 is 4.79 Å². The zero-order valence-corrected chi connectivity index (χ0v) is 11.4. The Kier molecular flexibility index (Phi) is 2.96. The molecule has 0 saturated carbocycles. The monoisotopic (exact) mass is 304 g/mol. The number of fused-ring (bicyclic) bond motifs is 1. The summed E-state index contributed by atoms with van der Waals surface area (Å²) in [5.41, 5.74) is 3.10. The van der Waals surface area contributed by atoms with Crippen LogP contribution in [0.3, 0.4) is 0 Å². The number of anilines is 1. The summed E-state index contributed by atoms with van der Waals surface area (Å²) < 4.78 is 3.18. The van der Waals surface area contributed by atoms with Crippen LogP contribution in [0.5, 0.6) is 0 Å². The molecular weight excluding hydrogens is 292 g/mol. The van der Waals surface area contributed by atoms with E-state index in [0.29, 0.717) is 6.42 Å². The largest absolute Gasteiger partial charge is 0.379 e. The molecule has 2 aromatic rings. The first-order valence-electron chi connectivity index (χ1n) is 5.95. The summed E-state index contributed by atoms with van der Waals surface area (Å²) in [5.74, 6) is 0.255. The Morgan fingerprint density at radius 2 is 1.94 bits per heavy atom. The Balaban J connectivity index is 1.72. The molecular formula is C14H13BrN2O. The summed E-state index contributed by atoms with van der Waals surface area (Å²) in [5, 5.41) is 3.37. The summed E-state index contributed by atoms with van der Waals surface area (Å²) >= 11 is 3.41. The van der Waals surface area contributed by atoms with Gasteiger partial charge in [-0.2, -0.15) is 0 Å². The highest BCUT2D eigenvalue weighted by molar-refractivity contribution is 9.10. The van der Waals surface area contributed by atoms with E-state index < -0.39 is 0 Å². The van der Waals surface area contributed by atoms with E-state index in [9.17, 15) is 4.79 Å². The van der Waals surface area contributed by atoms with Gasteiger partial charge in [-0.25, -0.2) is 0 Å². The molecule has 0 spiro atoms. The molecule has 0 aliphatic carbocycles. The lowest BCUT2D eigenvalue weighted by atomic mass is 10.2. The maximum Gasteiger partial charge on any atom is 0.180 e. The van der Waals surface area contributed by atoms with Crippen LogP contribution in [-0.2, 0) is 13.1 Å². The molecule has 2 heterocycles. The maximum absolute atomic E-state index is 11.5. The van der Waals surface area contributed by atoms with Gasteiger partial charge in [0.15, 0.2) is 5.78 Å². The quantitative estimate of drug-likeness (QED) is 0.942. The van der Waals surface area contributed by atoms with Gasteiger partial charge in [0.2, 0.25) is 0 Å². The highest BCUT2D eigenvalue weighted by atomic mass is 79.9. The normalized spacial score (nSPS) is 13.7. The van der Waals surface area contributed by atoms with E-state index in [1.807, 2.05) is 36.4 Å². The van der Waals surface area contributed by atoms with Crippen molar-refractivity contribution >= 4 is 27.4 Å². The van der Waals surface area contributed by atoms with Crippen LogP contribution >= 0.6 is 15.9 Å². The molecule has 1 aromatic heterocycles. The average molecular weight is 305 g/mol. The molecule has 0 atom stereocenters. The van der Waals surface area contributed by atoms with Crippen molar-refractivity contribution in [3.63, 3.8) is 0 Å². The van der Waals surface area contributed by atoms with Crippen LogP contribution in [0.1, 0.15) is 22.6 Å². The van der Waals surface area contributed by atoms with Crippen LogP contribution in [-0.4, -0.2) is 10.4 Å². The lowest BCUT2D eigenvalue weighted by Gasteiger charge is -2.08. The first-order valence-corrected chi connectivity index (χ1v) is 6.74. The molecule has 18 heavy (non-hydrogen) atoms. The lowest BCUT2D eigenvalue weighted by Crippen LogP contribution is -2.06. The van der Waals surface area contributed by atoms with Gasteiger partial charge in [0.25, 0.3) is 0 Å². The second-order valence-corrected chi connectivity index (χ2v) is 5.31. The van der Waals surface area contributed by atoms with Crippen LogP contribution in [0.2, 0.25) is 0 Å². The number of carbonyl (C=O) groups is 1. The second kappa shape index (κ2) is 4.61. The highest BCUT2D eigenvalue weighted by Crippen LogP contribution is 2.20. The summed E-state index contributed by atoms with van der Waals surface area (Å²) in [4.78, 5) is 11.5. The fourth-order valence-electron chi connectivity index (χ4n) is 2.27. The Labute approximate surface area is 114 Å². The molecule has 92 valence electrons. The minimum Gasteiger partial charge on any atom is -0.379 e. The van der Waals surface area contributed by atoms with E-state index in [0.717, 1.165) is 28.9 Å². The molecule has 1 aliphatic rings. The van der Waals surface area contributed by atoms with Crippen molar-refractivity contribution in [3.8, 4) is 0 Å². The van der Waals surface area contributed by atoms with Gasteiger partial charge in [0, 0.05) is 28.8 Å². The number of hydrogen-bond acceptors (Lipinski definition) is 2. The van der Waals surface area contributed by atoms with Crippen LogP contribution in [0, 0.1) is 0 Å². The molecule has 3 nitrogen and oxygen atoms in total. The van der Waals surface area contributed by atoms with Crippen LogP contribution in [0.15, 0.2) is 40.9 Å². The summed E-state index contributed by atoms with van der Waals surface area (Å²) in [6, 6.07) is 12.0. The number of Topliss-reactive ketones (excluding diaryl/α,β-unsaturated/α-hetero) is 1. The fraction of sp³-hybridized carbons (Fsp3) is 0.214. The van der Waals surface area contributed by atoms with E-state index in [1.54, 1.807) is 0 Å². The smallest absolute Gasteiger partial charge is 0.180 e. The third-order valence-electron chi connectivity index (χ3n) is 3.24. The number of ketones is 1. The Hall–Kier alpha value is -1.55. The van der Waals surface area contributed by atoms with Crippen LogP contribution in [0.25, 0.3) is 0 Å². The van der Waals surface area contributed by atoms with Crippen LogP contribution < -0.4 is 5.32 Å². The van der Waals surface area contributed by atoms with Crippen molar-refractivity contribution in [1.29, 1.82) is 0 Å².